The van der Waals surface area contributed by atoms with Crippen molar-refractivity contribution in [1.82, 2.24) is 4.90 Å². The first kappa shape index (κ1) is 24.6. The van der Waals surface area contributed by atoms with E-state index in [9.17, 15) is 4.79 Å². The molecule has 34 heavy (non-hydrogen) atoms. The Kier molecular flexibility index (Phi) is 7.48. The fraction of sp³-hybridized carbons (Fsp3) is 0.429. The molecule has 180 valence electrons. The Balaban J connectivity index is 1.66. The molecule has 2 aromatic carbocycles. The summed E-state index contributed by atoms with van der Waals surface area (Å²) >= 11 is 1.44. The van der Waals surface area contributed by atoms with Gasteiger partial charge in [-0.1, -0.05) is 38.1 Å². The van der Waals surface area contributed by atoms with Gasteiger partial charge in [0.25, 0.3) is 5.91 Å². The van der Waals surface area contributed by atoms with Crippen LogP contribution in [0, 0.1) is 0 Å². The van der Waals surface area contributed by atoms with Gasteiger partial charge < -0.3 is 9.64 Å². The van der Waals surface area contributed by atoms with Crippen molar-refractivity contribution in [2.45, 2.75) is 52.0 Å². The fourth-order valence-electron chi connectivity index (χ4n) is 4.98. The van der Waals surface area contributed by atoms with Crippen LogP contribution >= 0.6 is 11.8 Å². The van der Waals surface area contributed by atoms with Crippen LogP contribution in [0.15, 0.2) is 58.4 Å². The van der Waals surface area contributed by atoms with Crippen molar-refractivity contribution >= 4 is 40.3 Å². The minimum absolute atomic E-state index is 0.0174. The van der Waals surface area contributed by atoms with Crippen LogP contribution < -0.4 is 4.90 Å². The third kappa shape index (κ3) is 5.08. The van der Waals surface area contributed by atoms with E-state index in [1.54, 1.807) is 12.0 Å². The van der Waals surface area contributed by atoms with Crippen molar-refractivity contribution < 1.29 is 9.53 Å². The molecule has 2 aliphatic rings. The molecule has 0 spiro atoms. The van der Waals surface area contributed by atoms with Gasteiger partial charge in [0.15, 0.2) is 5.17 Å². The Morgan fingerprint density at radius 1 is 1.18 bits per heavy atom. The van der Waals surface area contributed by atoms with E-state index in [0.29, 0.717) is 29.1 Å². The smallest absolute Gasteiger partial charge is 0.266 e. The highest BCUT2D eigenvalue weighted by atomic mass is 32.2. The van der Waals surface area contributed by atoms with Gasteiger partial charge in [0.05, 0.1) is 23.7 Å². The van der Waals surface area contributed by atoms with Crippen LogP contribution in [0.1, 0.15) is 57.6 Å². The molecule has 2 heterocycles. The van der Waals surface area contributed by atoms with Crippen molar-refractivity contribution in [2.75, 3.05) is 31.7 Å². The van der Waals surface area contributed by atoms with Gasteiger partial charge >= 0.3 is 0 Å². The number of aliphatic imine (C=N–C) groups is 1. The maximum absolute atomic E-state index is 13.3. The van der Waals surface area contributed by atoms with Crippen LogP contribution in [0.25, 0.3) is 6.08 Å². The van der Waals surface area contributed by atoms with E-state index in [0.717, 1.165) is 30.6 Å². The minimum atomic E-state index is -0.0174. The van der Waals surface area contributed by atoms with E-state index in [1.807, 2.05) is 36.4 Å². The highest BCUT2D eigenvalue weighted by Crippen LogP contribution is 2.44. The molecule has 0 N–H and O–H groups in total. The number of carbonyl (C=O) groups is 1. The van der Waals surface area contributed by atoms with E-state index in [1.165, 1.54) is 23.0 Å². The summed E-state index contributed by atoms with van der Waals surface area (Å²) < 4.78 is 5.24. The first-order valence-corrected chi connectivity index (χ1v) is 12.9. The number of fused-ring (bicyclic) bond motifs is 1. The van der Waals surface area contributed by atoms with Gasteiger partial charge in [0, 0.05) is 24.9 Å². The van der Waals surface area contributed by atoms with E-state index in [-0.39, 0.29) is 11.4 Å². The number of benzene rings is 2. The normalized spacial score (nSPS) is 22.0. The second-order valence-electron chi connectivity index (χ2n) is 9.68. The first-order valence-electron chi connectivity index (χ1n) is 12.1. The molecule has 0 aromatic heterocycles. The molecular formula is C28H35N3O2S. The topological polar surface area (TPSA) is 45.1 Å². The van der Waals surface area contributed by atoms with Crippen molar-refractivity contribution in [3.05, 3.63) is 64.6 Å². The van der Waals surface area contributed by atoms with E-state index >= 15 is 0 Å². The number of ether oxygens (including phenoxy) is 1. The van der Waals surface area contributed by atoms with Crippen molar-refractivity contribution in [1.29, 1.82) is 0 Å². The number of methoxy groups -OCH3 is 1. The van der Waals surface area contributed by atoms with Crippen LogP contribution in [-0.2, 0) is 9.53 Å². The highest BCUT2D eigenvalue weighted by molar-refractivity contribution is 8.18. The lowest BCUT2D eigenvalue weighted by Gasteiger charge is -2.47. The van der Waals surface area contributed by atoms with Crippen LogP contribution in [0.2, 0.25) is 0 Å². The molecule has 0 radical (unpaired) electrons. The maximum Gasteiger partial charge on any atom is 0.266 e. The molecule has 6 heteroatoms. The van der Waals surface area contributed by atoms with Crippen molar-refractivity contribution in [2.24, 2.45) is 4.99 Å². The van der Waals surface area contributed by atoms with Gasteiger partial charge in [-0.25, -0.2) is 4.99 Å². The Morgan fingerprint density at radius 3 is 2.65 bits per heavy atom. The number of rotatable bonds is 7. The van der Waals surface area contributed by atoms with Gasteiger partial charge in [0.2, 0.25) is 0 Å². The second kappa shape index (κ2) is 10.4. The summed E-state index contributed by atoms with van der Waals surface area (Å²) in [6, 6.07) is 16.4. The number of anilines is 1. The maximum atomic E-state index is 13.3. The number of carbonyl (C=O) groups excluding carboxylic acids is 1. The molecule has 4 rings (SSSR count). The molecule has 1 amide bonds. The lowest BCUT2D eigenvalue weighted by Crippen LogP contribution is -2.48. The van der Waals surface area contributed by atoms with Gasteiger partial charge in [-0.15, -0.1) is 0 Å². The number of thioether (sulfide) groups is 1. The predicted molar refractivity (Wildman–Crippen MR) is 144 cm³/mol. The second-order valence-corrected chi connectivity index (χ2v) is 10.7. The zero-order valence-electron chi connectivity index (χ0n) is 20.9. The molecule has 1 unspecified atom stereocenters. The lowest BCUT2D eigenvalue weighted by atomic mass is 9.79. The summed E-state index contributed by atoms with van der Waals surface area (Å²) in [6.45, 7) is 11.2. The molecule has 1 fully saturated rings. The molecule has 0 bridgehead atoms. The fourth-order valence-corrected chi connectivity index (χ4v) is 6.01. The Morgan fingerprint density at radius 2 is 1.94 bits per heavy atom. The average molecular weight is 478 g/mol. The third-order valence-electron chi connectivity index (χ3n) is 6.54. The number of para-hydroxylation sites is 1. The molecule has 0 saturated carbocycles. The predicted octanol–water partition coefficient (Wildman–Crippen LogP) is 6.44. The Hall–Kier alpha value is -2.57. The Labute approximate surface area is 207 Å². The molecule has 2 aromatic rings. The standard InChI is InChI=1S/C28H35N3O2S/c1-6-14-31-24-13-12-21(17-23(24)20(2)19-28(31,3)4)18-25-26(32)30(15-16-33-5)27(34-25)29-22-10-8-7-9-11-22/h7-13,17-18,20H,6,14-16,19H2,1-5H3/b25-18+,29-27?. The number of amidine groups is 1. The van der Waals surface area contributed by atoms with E-state index in [4.69, 9.17) is 9.73 Å². The molecule has 1 atom stereocenters. The monoisotopic (exact) mass is 477 g/mol. The lowest BCUT2D eigenvalue weighted by molar-refractivity contribution is -0.122. The molecular weight excluding hydrogens is 442 g/mol. The zero-order valence-corrected chi connectivity index (χ0v) is 21.7. The molecule has 2 aliphatic heterocycles. The van der Waals surface area contributed by atoms with Crippen LogP contribution in [0.3, 0.4) is 0 Å². The molecule has 0 aliphatic carbocycles. The quantitative estimate of drug-likeness (QED) is 0.431. The SMILES string of the molecule is CCCN1c2ccc(/C=C3/SC(=Nc4ccccc4)N(CCOC)C3=O)cc2C(C)CC1(C)C. The van der Waals surface area contributed by atoms with Crippen LogP contribution in [0.5, 0.6) is 0 Å². The van der Waals surface area contributed by atoms with Gasteiger partial charge in [-0.05, 0) is 85.8 Å². The van der Waals surface area contributed by atoms with Gasteiger partial charge in [0.1, 0.15) is 0 Å². The third-order valence-corrected chi connectivity index (χ3v) is 7.55. The summed E-state index contributed by atoms with van der Waals surface area (Å²) in [5.74, 6) is 0.452. The van der Waals surface area contributed by atoms with Crippen molar-refractivity contribution in [3.8, 4) is 0 Å². The van der Waals surface area contributed by atoms with E-state index < -0.39 is 0 Å². The largest absolute Gasteiger partial charge is 0.383 e. The zero-order chi connectivity index (χ0) is 24.3. The summed E-state index contributed by atoms with van der Waals surface area (Å²) in [6.07, 6.45) is 4.25. The summed E-state index contributed by atoms with van der Waals surface area (Å²) in [4.78, 5) is 23.0. The average Bonchev–Trinajstić information content (AvgIpc) is 3.09. The van der Waals surface area contributed by atoms with Crippen LogP contribution in [-0.4, -0.2) is 48.3 Å². The van der Waals surface area contributed by atoms with Crippen molar-refractivity contribution in [3.63, 3.8) is 0 Å². The first-order chi connectivity index (χ1) is 16.3. The number of amides is 1. The summed E-state index contributed by atoms with van der Waals surface area (Å²) in [5.41, 5.74) is 4.73. The van der Waals surface area contributed by atoms with E-state index in [2.05, 4.69) is 50.8 Å². The number of nitrogens with zero attached hydrogens (tertiary/aromatic N) is 3. The molecule has 1 saturated heterocycles. The van der Waals surface area contributed by atoms with Gasteiger partial charge in [-0.3, -0.25) is 9.69 Å². The highest BCUT2D eigenvalue weighted by Gasteiger charge is 2.36. The summed E-state index contributed by atoms with van der Waals surface area (Å²) in [7, 11) is 1.65. The number of hydrogen-bond acceptors (Lipinski definition) is 5. The minimum Gasteiger partial charge on any atom is -0.383 e. The number of hydrogen-bond donors (Lipinski definition) is 0. The summed E-state index contributed by atoms with van der Waals surface area (Å²) in [5, 5.41) is 0.696. The molecule has 5 nitrogen and oxygen atoms in total. The Bertz CT molecular complexity index is 1090. The van der Waals surface area contributed by atoms with Crippen LogP contribution in [0.4, 0.5) is 11.4 Å². The van der Waals surface area contributed by atoms with Gasteiger partial charge in [-0.2, -0.15) is 0 Å².